The molecule has 2 aromatic carbocycles. The third-order valence-corrected chi connectivity index (χ3v) is 5.94. The first kappa shape index (κ1) is 22.1. The number of Topliss-reactive ketones (excluding diaryl/α,β-unsaturated/α-hetero) is 1. The van der Waals surface area contributed by atoms with Crippen LogP contribution in [0.3, 0.4) is 0 Å². The molecule has 0 aliphatic carbocycles. The fraction of sp³-hybridized carbons (Fsp3) is 0.462. The van der Waals surface area contributed by atoms with Crippen molar-refractivity contribution in [3.8, 4) is 0 Å². The lowest BCUT2D eigenvalue weighted by Gasteiger charge is -2.44. The van der Waals surface area contributed by atoms with E-state index in [9.17, 15) is 9.59 Å². The van der Waals surface area contributed by atoms with Crippen LogP contribution in [0.4, 0.5) is 0 Å². The van der Waals surface area contributed by atoms with Crippen LogP contribution in [0, 0.1) is 5.41 Å². The van der Waals surface area contributed by atoms with Crippen LogP contribution in [0.25, 0.3) is 0 Å². The van der Waals surface area contributed by atoms with Crippen LogP contribution >= 0.6 is 0 Å². The number of aryl methyl sites for hydroxylation is 1. The minimum absolute atomic E-state index is 0.109. The molecule has 1 atom stereocenters. The van der Waals surface area contributed by atoms with Gasteiger partial charge < -0.3 is 4.79 Å². The monoisotopic (exact) mass is 378 g/mol. The van der Waals surface area contributed by atoms with Crippen LogP contribution in [0.2, 0.25) is 0 Å². The van der Waals surface area contributed by atoms with Crippen molar-refractivity contribution in [2.75, 3.05) is 0 Å². The topological polar surface area (TPSA) is 34.1 Å². The maximum atomic E-state index is 13.7. The van der Waals surface area contributed by atoms with Crippen molar-refractivity contribution in [2.24, 2.45) is 5.41 Å². The highest BCUT2D eigenvalue weighted by Gasteiger charge is 2.52. The van der Waals surface area contributed by atoms with Gasteiger partial charge in [-0.25, -0.2) is 0 Å². The van der Waals surface area contributed by atoms with Crippen LogP contribution in [0.1, 0.15) is 82.6 Å². The van der Waals surface area contributed by atoms with E-state index in [2.05, 4.69) is 45.0 Å². The zero-order valence-corrected chi connectivity index (χ0v) is 18.2. The van der Waals surface area contributed by atoms with E-state index < -0.39 is 10.8 Å². The molecule has 28 heavy (non-hydrogen) atoms. The van der Waals surface area contributed by atoms with Gasteiger partial charge in [-0.3, -0.25) is 4.79 Å². The van der Waals surface area contributed by atoms with Crippen molar-refractivity contribution in [1.29, 1.82) is 0 Å². The molecule has 0 saturated carbocycles. The summed E-state index contributed by atoms with van der Waals surface area (Å²) in [5.74, 6) is 0.456. The van der Waals surface area contributed by atoms with Gasteiger partial charge in [-0.15, -0.1) is 0 Å². The van der Waals surface area contributed by atoms with Crippen LogP contribution in [0.5, 0.6) is 0 Å². The second kappa shape index (κ2) is 8.86. The molecule has 150 valence electrons. The fourth-order valence-corrected chi connectivity index (χ4v) is 4.22. The minimum atomic E-state index is -0.998. The summed E-state index contributed by atoms with van der Waals surface area (Å²) in [7, 11) is 0. The Labute approximate surface area is 170 Å². The molecule has 2 nitrogen and oxygen atoms in total. The highest BCUT2D eigenvalue weighted by Crippen LogP contribution is 2.48. The third-order valence-electron chi connectivity index (χ3n) is 5.94. The van der Waals surface area contributed by atoms with Gasteiger partial charge in [0.15, 0.2) is 0 Å². The van der Waals surface area contributed by atoms with E-state index in [1.54, 1.807) is 0 Å². The largest absolute Gasteiger partial charge is 0.303 e. The first-order valence-corrected chi connectivity index (χ1v) is 10.4. The Kier molecular flexibility index (Phi) is 6.98. The van der Waals surface area contributed by atoms with Crippen molar-refractivity contribution < 1.29 is 9.59 Å². The normalized spacial score (nSPS) is 14.0. The second-order valence-electron chi connectivity index (χ2n) is 8.59. The molecule has 0 bridgehead atoms. The fourth-order valence-electron chi connectivity index (χ4n) is 4.22. The Morgan fingerprint density at radius 2 is 1.64 bits per heavy atom. The van der Waals surface area contributed by atoms with E-state index in [1.165, 1.54) is 11.1 Å². The quantitative estimate of drug-likeness (QED) is 0.483. The Bertz CT molecular complexity index is 815. The second-order valence-corrected chi connectivity index (χ2v) is 8.59. The highest BCUT2D eigenvalue weighted by atomic mass is 16.1. The molecule has 1 unspecified atom stereocenters. The van der Waals surface area contributed by atoms with E-state index in [-0.39, 0.29) is 5.78 Å². The van der Waals surface area contributed by atoms with Crippen molar-refractivity contribution in [3.63, 3.8) is 0 Å². The third kappa shape index (κ3) is 3.83. The summed E-state index contributed by atoms with van der Waals surface area (Å²) in [5.41, 5.74) is 2.35. The summed E-state index contributed by atoms with van der Waals surface area (Å²) < 4.78 is 0. The molecule has 0 amide bonds. The van der Waals surface area contributed by atoms with Gasteiger partial charge in [0.2, 0.25) is 0 Å². The van der Waals surface area contributed by atoms with Crippen molar-refractivity contribution >= 4 is 12.1 Å². The van der Waals surface area contributed by atoms with Gasteiger partial charge in [0.05, 0.1) is 5.41 Å². The number of hydrogen-bond acceptors (Lipinski definition) is 2. The summed E-state index contributed by atoms with van der Waals surface area (Å²) >= 11 is 0. The Balaban J connectivity index is 2.89. The Morgan fingerprint density at radius 3 is 2.14 bits per heavy atom. The van der Waals surface area contributed by atoms with Gasteiger partial charge in [-0.05, 0) is 41.0 Å². The lowest BCUT2D eigenvalue weighted by Crippen LogP contribution is -2.50. The molecule has 0 aliphatic heterocycles. The smallest absolute Gasteiger partial charge is 0.148 e. The molecular formula is C26H34O2. The molecule has 0 saturated heterocycles. The Morgan fingerprint density at radius 1 is 1.00 bits per heavy atom. The van der Waals surface area contributed by atoms with E-state index in [1.807, 2.05) is 45.0 Å². The molecule has 0 spiro atoms. The number of benzene rings is 2. The average Bonchev–Trinajstić information content (AvgIpc) is 2.69. The number of hydrogen-bond donors (Lipinski definition) is 0. The molecule has 0 aliphatic rings. The zero-order chi connectivity index (χ0) is 20.9. The highest BCUT2D eigenvalue weighted by molar-refractivity contribution is 5.98. The first-order chi connectivity index (χ1) is 13.2. The number of carbonyl (C=O) groups is 2. The minimum Gasteiger partial charge on any atom is -0.303 e. The molecule has 0 heterocycles. The van der Waals surface area contributed by atoms with Gasteiger partial charge in [0.25, 0.3) is 0 Å². The summed E-state index contributed by atoms with van der Waals surface area (Å²) in [6, 6.07) is 16.5. The molecule has 0 fully saturated rings. The van der Waals surface area contributed by atoms with Gasteiger partial charge in [0.1, 0.15) is 12.1 Å². The molecule has 0 radical (unpaired) electrons. The van der Waals surface area contributed by atoms with Gasteiger partial charge in [-0.1, -0.05) is 90.1 Å². The first-order valence-electron chi connectivity index (χ1n) is 10.4. The van der Waals surface area contributed by atoms with Gasteiger partial charge in [0, 0.05) is 11.8 Å². The molecule has 2 aromatic rings. The van der Waals surface area contributed by atoms with E-state index in [0.717, 1.165) is 30.3 Å². The number of aldehydes is 1. The SMILES string of the molecule is CCCC(=O)C(c1ccc(CC)cc1)(c1cccc(C(C)C)c1)C(C)(C)C=O. The van der Waals surface area contributed by atoms with Crippen molar-refractivity contribution in [1.82, 2.24) is 0 Å². The number of rotatable bonds is 9. The molecule has 2 heteroatoms. The van der Waals surface area contributed by atoms with Crippen molar-refractivity contribution in [2.45, 2.75) is 72.1 Å². The molecular weight excluding hydrogens is 344 g/mol. The molecule has 0 N–H and O–H groups in total. The maximum Gasteiger partial charge on any atom is 0.148 e. The van der Waals surface area contributed by atoms with E-state index >= 15 is 0 Å². The summed E-state index contributed by atoms with van der Waals surface area (Å²) in [6.07, 6.45) is 3.09. The van der Waals surface area contributed by atoms with Crippen LogP contribution in [-0.4, -0.2) is 12.1 Å². The number of ketones is 1. The predicted octanol–water partition coefficient (Wildman–Crippen LogP) is 6.25. The van der Waals surface area contributed by atoms with E-state index in [0.29, 0.717) is 12.3 Å². The van der Waals surface area contributed by atoms with Crippen LogP contribution in [0.15, 0.2) is 48.5 Å². The molecule has 0 aromatic heterocycles. The van der Waals surface area contributed by atoms with Crippen LogP contribution in [-0.2, 0) is 21.4 Å². The summed E-state index contributed by atoms with van der Waals surface area (Å²) in [6.45, 7) is 12.2. The zero-order valence-electron chi connectivity index (χ0n) is 18.2. The predicted molar refractivity (Wildman–Crippen MR) is 117 cm³/mol. The lowest BCUT2D eigenvalue weighted by molar-refractivity contribution is -0.132. The summed E-state index contributed by atoms with van der Waals surface area (Å²) in [4.78, 5) is 26.1. The maximum absolute atomic E-state index is 13.7. The van der Waals surface area contributed by atoms with E-state index in [4.69, 9.17) is 0 Å². The number of carbonyl (C=O) groups excluding carboxylic acids is 2. The lowest BCUT2D eigenvalue weighted by atomic mass is 9.56. The molecule has 2 rings (SSSR count). The summed E-state index contributed by atoms with van der Waals surface area (Å²) in [5, 5.41) is 0. The Hall–Kier alpha value is -2.22. The van der Waals surface area contributed by atoms with Gasteiger partial charge in [-0.2, -0.15) is 0 Å². The van der Waals surface area contributed by atoms with Crippen molar-refractivity contribution in [3.05, 3.63) is 70.8 Å². The van der Waals surface area contributed by atoms with Gasteiger partial charge >= 0.3 is 0 Å². The average molecular weight is 379 g/mol. The standard InChI is InChI=1S/C26H34O2/c1-7-10-24(28)26(25(5,6)18-27,22-15-13-20(8-2)14-16-22)23-12-9-11-21(17-23)19(3)4/h9,11-19H,7-8,10H2,1-6H3. The van der Waals surface area contributed by atoms with Crippen LogP contribution < -0.4 is 0 Å².